The fourth-order valence-electron chi connectivity index (χ4n) is 3.48. The molecule has 0 fully saturated rings. The molecule has 3 N–H and O–H groups in total. The van der Waals surface area contributed by atoms with Crippen molar-refractivity contribution in [3.63, 3.8) is 0 Å². The van der Waals surface area contributed by atoms with Crippen molar-refractivity contribution < 1.29 is 9.72 Å². The average molecular weight is 428 g/mol. The number of nitrogens with zero attached hydrogens (tertiary/aromatic N) is 6. The van der Waals surface area contributed by atoms with E-state index < -0.39 is 0 Å². The Morgan fingerprint density at radius 3 is 2.97 bits per heavy atom. The number of nitrogens with one attached hydrogen (secondary N) is 3. The molecule has 4 aromatic rings. The predicted octanol–water partition coefficient (Wildman–Crippen LogP) is 2.99. The SMILES string of the molecule is COc1ccc(Nc2ncc(CN3C=CCC=N3)cc2-c2nc(C)nc3nc[nH]c23)c[nH+]1. The molecule has 0 atom stereocenters. The molecule has 1 aliphatic rings. The highest BCUT2D eigenvalue weighted by Crippen LogP contribution is 2.32. The van der Waals surface area contributed by atoms with Gasteiger partial charge in [0.15, 0.2) is 11.8 Å². The maximum absolute atomic E-state index is 5.20. The number of aromatic nitrogens is 6. The minimum Gasteiger partial charge on any atom is -0.448 e. The summed E-state index contributed by atoms with van der Waals surface area (Å²) < 4.78 is 5.20. The molecule has 10 nitrogen and oxygen atoms in total. The Hall–Kier alpha value is -4.34. The summed E-state index contributed by atoms with van der Waals surface area (Å²) in [5.41, 5.74) is 4.78. The molecule has 0 aliphatic carbocycles. The van der Waals surface area contributed by atoms with Crippen molar-refractivity contribution in [2.75, 3.05) is 12.4 Å². The minimum absolute atomic E-state index is 0.597. The zero-order valence-corrected chi connectivity index (χ0v) is 17.7. The van der Waals surface area contributed by atoms with E-state index in [9.17, 15) is 0 Å². The number of allylic oxidation sites excluding steroid dienone is 1. The molecule has 5 rings (SSSR count). The molecule has 0 amide bonds. The van der Waals surface area contributed by atoms with Gasteiger partial charge >= 0.3 is 5.88 Å². The van der Waals surface area contributed by atoms with Gasteiger partial charge < -0.3 is 15.0 Å². The van der Waals surface area contributed by atoms with E-state index in [-0.39, 0.29) is 0 Å². The predicted molar refractivity (Wildman–Crippen MR) is 120 cm³/mol. The van der Waals surface area contributed by atoms with Crippen LogP contribution in [0.2, 0.25) is 0 Å². The molecule has 1 aliphatic heterocycles. The minimum atomic E-state index is 0.597. The standard InChI is InChI=1S/C22H21N9O/c1-14-28-19(20-22(29-14)26-13-25-20)17-9-15(12-31-8-4-3-7-27-31)10-24-21(17)30-16-5-6-18(32-2)23-11-16/h4-11,13H,3,12H2,1-2H3,(H,24,30)(H,25,26,28,29)/p+1. The second-order valence-electron chi connectivity index (χ2n) is 7.25. The number of hydrogen-bond donors (Lipinski definition) is 2. The summed E-state index contributed by atoms with van der Waals surface area (Å²) in [6, 6.07) is 5.83. The molecule has 5 heterocycles. The van der Waals surface area contributed by atoms with Crippen molar-refractivity contribution >= 4 is 28.9 Å². The first-order valence-electron chi connectivity index (χ1n) is 10.1. The van der Waals surface area contributed by atoms with E-state index in [1.54, 1.807) is 13.4 Å². The zero-order valence-electron chi connectivity index (χ0n) is 17.7. The molecule has 0 saturated carbocycles. The Balaban J connectivity index is 1.58. The quantitative estimate of drug-likeness (QED) is 0.485. The van der Waals surface area contributed by atoms with Crippen LogP contribution >= 0.6 is 0 Å². The van der Waals surface area contributed by atoms with Crippen LogP contribution in [0.25, 0.3) is 22.4 Å². The molecule has 32 heavy (non-hydrogen) atoms. The number of anilines is 2. The van der Waals surface area contributed by atoms with Gasteiger partial charge in [0.1, 0.15) is 28.5 Å². The lowest BCUT2D eigenvalue weighted by Gasteiger charge is -2.18. The number of pyridine rings is 2. The molecule has 0 bridgehead atoms. The van der Waals surface area contributed by atoms with Gasteiger partial charge in [-0.1, -0.05) is 6.08 Å². The molecular weight excluding hydrogens is 406 g/mol. The van der Waals surface area contributed by atoms with Crippen LogP contribution in [0.4, 0.5) is 11.5 Å². The van der Waals surface area contributed by atoms with Gasteiger partial charge in [0.25, 0.3) is 0 Å². The zero-order chi connectivity index (χ0) is 21.9. The number of imidazole rings is 1. The van der Waals surface area contributed by atoms with Gasteiger partial charge in [0.2, 0.25) is 0 Å². The number of H-pyrrole nitrogens is 2. The number of hydrogen-bond acceptors (Lipinski definition) is 8. The van der Waals surface area contributed by atoms with E-state index in [1.807, 2.05) is 48.9 Å². The second-order valence-corrected chi connectivity index (χ2v) is 7.25. The van der Waals surface area contributed by atoms with E-state index in [0.29, 0.717) is 29.7 Å². The molecule has 0 saturated heterocycles. The summed E-state index contributed by atoms with van der Waals surface area (Å²) in [6.45, 7) is 2.45. The van der Waals surface area contributed by atoms with Crippen molar-refractivity contribution in [2.24, 2.45) is 5.10 Å². The van der Waals surface area contributed by atoms with Crippen LogP contribution < -0.4 is 15.0 Å². The lowest BCUT2D eigenvalue weighted by Crippen LogP contribution is -2.13. The van der Waals surface area contributed by atoms with Gasteiger partial charge in [-0.25, -0.2) is 19.9 Å². The van der Waals surface area contributed by atoms with Gasteiger partial charge in [0, 0.05) is 30.6 Å². The number of hydrazone groups is 1. The Labute approximate surface area is 184 Å². The number of aryl methyl sites for hydroxylation is 1. The fraction of sp³-hybridized carbons (Fsp3) is 0.182. The Morgan fingerprint density at radius 1 is 1.25 bits per heavy atom. The van der Waals surface area contributed by atoms with Crippen LogP contribution in [0.3, 0.4) is 0 Å². The molecular formula is C22H22N9O+. The molecule has 10 heteroatoms. The van der Waals surface area contributed by atoms with Gasteiger partial charge in [0.05, 0.1) is 26.0 Å². The number of aromatic amines is 2. The monoisotopic (exact) mass is 428 g/mol. The number of methoxy groups -OCH3 is 1. The highest BCUT2D eigenvalue weighted by Gasteiger charge is 2.17. The third-order valence-electron chi connectivity index (χ3n) is 4.96. The van der Waals surface area contributed by atoms with Gasteiger partial charge in [-0.2, -0.15) is 10.1 Å². The van der Waals surface area contributed by atoms with E-state index in [2.05, 4.69) is 42.5 Å². The first-order chi connectivity index (χ1) is 15.7. The first-order valence-corrected chi connectivity index (χ1v) is 10.1. The Kier molecular flexibility index (Phi) is 5.16. The summed E-state index contributed by atoms with van der Waals surface area (Å²) >= 11 is 0. The van der Waals surface area contributed by atoms with E-state index in [1.165, 1.54) is 0 Å². The van der Waals surface area contributed by atoms with Crippen molar-refractivity contribution in [2.45, 2.75) is 19.9 Å². The highest BCUT2D eigenvalue weighted by molar-refractivity contribution is 5.91. The van der Waals surface area contributed by atoms with Crippen molar-refractivity contribution in [3.05, 3.63) is 60.6 Å². The molecule has 160 valence electrons. The topological polar surface area (TPSA) is 118 Å². The van der Waals surface area contributed by atoms with Crippen LogP contribution in [0.1, 0.15) is 17.8 Å². The van der Waals surface area contributed by atoms with Crippen LogP contribution in [-0.2, 0) is 6.54 Å². The van der Waals surface area contributed by atoms with Crippen LogP contribution in [0.15, 0.2) is 54.3 Å². The molecule has 0 spiro atoms. The lowest BCUT2D eigenvalue weighted by molar-refractivity contribution is -0.392. The van der Waals surface area contributed by atoms with Crippen molar-refractivity contribution in [1.29, 1.82) is 0 Å². The van der Waals surface area contributed by atoms with Crippen molar-refractivity contribution in [1.82, 2.24) is 29.9 Å². The largest absolute Gasteiger partial charge is 0.448 e. The molecule has 0 unspecified atom stereocenters. The van der Waals surface area contributed by atoms with Crippen molar-refractivity contribution in [3.8, 4) is 17.1 Å². The van der Waals surface area contributed by atoms with Crippen LogP contribution in [0.5, 0.6) is 5.88 Å². The second kappa shape index (κ2) is 8.42. The normalized spacial score (nSPS) is 13.0. The third-order valence-corrected chi connectivity index (χ3v) is 4.96. The van der Waals surface area contributed by atoms with Crippen LogP contribution in [0, 0.1) is 6.92 Å². The maximum Gasteiger partial charge on any atom is 0.365 e. The average Bonchev–Trinajstić information content (AvgIpc) is 3.29. The summed E-state index contributed by atoms with van der Waals surface area (Å²) in [4.78, 5) is 24.4. The fourth-order valence-corrected chi connectivity index (χ4v) is 3.48. The van der Waals surface area contributed by atoms with E-state index in [0.717, 1.165) is 34.4 Å². The summed E-state index contributed by atoms with van der Waals surface area (Å²) in [7, 11) is 1.62. The van der Waals surface area contributed by atoms with E-state index in [4.69, 9.17) is 14.7 Å². The third kappa shape index (κ3) is 3.97. The summed E-state index contributed by atoms with van der Waals surface area (Å²) in [5, 5.41) is 9.67. The smallest absolute Gasteiger partial charge is 0.365 e. The Bertz CT molecular complexity index is 1300. The molecule has 0 aromatic carbocycles. The summed E-state index contributed by atoms with van der Waals surface area (Å²) in [5.74, 6) is 1.97. The number of rotatable bonds is 6. The maximum atomic E-state index is 5.20. The number of ether oxygens (including phenoxy) is 1. The van der Waals surface area contributed by atoms with Gasteiger partial charge in [-0.15, -0.1) is 0 Å². The van der Waals surface area contributed by atoms with Gasteiger partial charge in [-0.05, 0) is 24.6 Å². The Morgan fingerprint density at radius 2 is 2.19 bits per heavy atom. The lowest BCUT2D eigenvalue weighted by atomic mass is 10.1. The molecule has 0 radical (unpaired) electrons. The van der Waals surface area contributed by atoms with Crippen LogP contribution in [-0.4, -0.2) is 43.3 Å². The van der Waals surface area contributed by atoms with Gasteiger partial charge in [-0.3, -0.25) is 5.01 Å². The molecule has 4 aromatic heterocycles. The summed E-state index contributed by atoms with van der Waals surface area (Å²) in [6.07, 6.45) is 12.1. The first kappa shape index (κ1) is 19.6. The number of fused-ring (bicyclic) bond motifs is 1. The highest BCUT2D eigenvalue weighted by atomic mass is 16.5. The van der Waals surface area contributed by atoms with E-state index >= 15 is 0 Å².